The summed E-state index contributed by atoms with van der Waals surface area (Å²) in [5, 5.41) is 22.9. The molecule has 2 aliphatic carbocycles. The molecular weight excluding hydrogens is 510 g/mol. The monoisotopic (exact) mass is 541 g/mol. The minimum absolute atomic E-state index is 0.166. The molecule has 3 aliphatic rings. The number of hydrogen-bond acceptors (Lipinski definition) is 5. The molecular formula is C33H31N7O. The van der Waals surface area contributed by atoms with Gasteiger partial charge in [-0.1, -0.05) is 49.4 Å². The second-order valence-corrected chi connectivity index (χ2v) is 12.4. The van der Waals surface area contributed by atoms with Crippen molar-refractivity contribution >= 4 is 21.9 Å². The molecule has 2 aromatic carbocycles. The van der Waals surface area contributed by atoms with Crippen LogP contribution in [0, 0.1) is 0 Å². The Morgan fingerprint density at radius 2 is 1.76 bits per heavy atom. The maximum absolute atomic E-state index is 11.2. The number of nitrogens with zero attached hydrogens (tertiary/aromatic N) is 7. The van der Waals surface area contributed by atoms with Crippen LogP contribution in [0.5, 0.6) is 0 Å². The third kappa shape index (κ3) is 3.43. The SMILES string of the molecule is CC1Cn2c(nc(-c3cccc4nn(C5CC(O)(c6ccccc6)C5)cc34)c2C2CC2)-c2cc3cn(C)nc3nc21. The van der Waals surface area contributed by atoms with Crippen LogP contribution in [0.3, 0.4) is 0 Å². The van der Waals surface area contributed by atoms with Gasteiger partial charge in [-0.05, 0) is 30.5 Å². The standard InChI is InChI=1S/C33H31N7O/c1-19-16-39-30(20-11-12-20)29(35-32(39)25-13-21-17-38(2)37-31(21)34-28(19)25)24-9-6-10-27-26(24)18-40(36-27)23-14-33(41,15-23)22-7-4-3-5-8-22/h3-10,13,17-20,23,41H,11-12,14-16H2,1-2H3. The van der Waals surface area contributed by atoms with Gasteiger partial charge in [0.15, 0.2) is 5.65 Å². The van der Waals surface area contributed by atoms with Gasteiger partial charge in [-0.15, -0.1) is 0 Å². The fourth-order valence-electron chi connectivity index (χ4n) is 7.17. The van der Waals surface area contributed by atoms with Gasteiger partial charge in [-0.25, -0.2) is 9.97 Å². The molecule has 8 heteroatoms. The summed E-state index contributed by atoms with van der Waals surface area (Å²) in [4.78, 5) is 10.4. The summed E-state index contributed by atoms with van der Waals surface area (Å²) in [6.45, 7) is 3.14. The van der Waals surface area contributed by atoms with E-state index in [0.29, 0.717) is 18.8 Å². The van der Waals surface area contributed by atoms with Crippen molar-refractivity contribution in [3.05, 3.63) is 83.9 Å². The maximum Gasteiger partial charge on any atom is 0.181 e. The molecule has 0 bridgehead atoms. The molecule has 5 heterocycles. The van der Waals surface area contributed by atoms with Crippen molar-refractivity contribution in [3.63, 3.8) is 0 Å². The number of fused-ring (bicyclic) bond motifs is 5. The van der Waals surface area contributed by atoms with Gasteiger partial charge in [0.2, 0.25) is 0 Å². The Morgan fingerprint density at radius 1 is 0.927 bits per heavy atom. The van der Waals surface area contributed by atoms with Gasteiger partial charge in [0.25, 0.3) is 0 Å². The quantitative estimate of drug-likeness (QED) is 0.293. The second kappa shape index (κ2) is 8.13. The molecule has 2 fully saturated rings. The van der Waals surface area contributed by atoms with E-state index in [4.69, 9.17) is 15.1 Å². The highest BCUT2D eigenvalue weighted by molar-refractivity contribution is 5.95. The topological polar surface area (TPSA) is 86.6 Å². The minimum atomic E-state index is -0.785. The first-order valence-corrected chi connectivity index (χ1v) is 14.7. The van der Waals surface area contributed by atoms with Gasteiger partial charge in [-0.2, -0.15) is 10.2 Å². The van der Waals surface area contributed by atoms with E-state index in [1.807, 2.05) is 48.3 Å². The Balaban J connectivity index is 1.15. The smallest absolute Gasteiger partial charge is 0.181 e. The van der Waals surface area contributed by atoms with Crippen molar-refractivity contribution in [2.75, 3.05) is 0 Å². The average molecular weight is 542 g/mol. The average Bonchev–Trinajstić information content (AvgIpc) is 3.41. The molecule has 6 aromatic rings. The summed E-state index contributed by atoms with van der Waals surface area (Å²) in [6, 6.07) is 18.8. The van der Waals surface area contributed by atoms with Gasteiger partial charge >= 0.3 is 0 Å². The Labute approximate surface area is 237 Å². The Morgan fingerprint density at radius 3 is 2.56 bits per heavy atom. The highest BCUT2D eigenvalue weighted by Gasteiger charge is 2.45. The van der Waals surface area contributed by atoms with Crippen molar-refractivity contribution in [1.82, 2.24) is 34.1 Å². The normalized spacial score (nSPS) is 23.5. The zero-order valence-electron chi connectivity index (χ0n) is 23.2. The van der Waals surface area contributed by atoms with Crippen LogP contribution in [0.15, 0.2) is 67.0 Å². The predicted octanol–water partition coefficient (Wildman–Crippen LogP) is 6.07. The van der Waals surface area contributed by atoms with Crippen molar-refractivity contribution in [1.29, 1.82) is 0 Å². The highest BCUT2D eigenvalue weighted by Crippen LogP contribution is 2.51. The molecule has 1 unspecified atom stereocenters. The maximum atomic E-state index is 11.2. The molecule has 1 N–H and O–H groups in total. The Hall–Kier alpha value is -4.30. The molecule has 1 aliphatic heterocycles. The first-order chi connectivity index (χ1) is 19.9. The third-order valence-corrected chi connectivity index (χ3v) is 9.43. The van der Waals surface area contributed by atoms with Crippen molar-refractivity contribution in [3.8, 4) is 22.6 Å². The van der Waals surface area contributed by atoms with Gasteiger partial charge in [-0.3, -0.25) is 9.36 Å². The summed E-state index contributed by atoms with van der Waals surface area (Å²) < 4.78 is 6.38. The molecule has 9 rings (SSSR count). The Bertz CT molecular complexity index is 1990. The van der Waals surface area contributed by atoms with Crippen molar-refractivity contribution in [2.45, 2.75) is 62.6 Å². The molecule has 1 atom stereocenters. The third-order valence-electron chi connectivity index (χ3n) is 9.43. The fraction of sp³-hybridized carbons (Fsp3) is 0.333. The summed E-state index contributed by atoms with van der Waals surface area (Å²) in [5.41, 5.74) is 7.75. The summed E-state index contributed by atoms with van der Waals surface area (Å²) in [6.07, 6.45) is 7.94. The number of aryl methyl sites for hydroxylation is 1. The second-order valence-electron chi connectivity index (χ2n) is 12.4. The number of hydrogen-bond donors (Lipinski definition) is 1. The molecule has 0 spiro atoms. The van der Waals surface area contributed by atoms with Crippen LogP contribution >= 0.6 is 0 Å². The molecule has 0 amide bonds. The highest BCUT2D eigenvalue weighted by atomic mass is 16.3. The van der Waals surface area contributed by atoms with Gasteiger partial charge in [0.05, 0.1) is 28.5 Å². The van der Waals surface area contributed by atoms with E-state index < -0.39 is 5.60 Å². The minimum Gasteiger partial charge on any atom is -0.385 e. The number of pyridine rings is 1. The van der Waals surface area contributed by atoms with E-state index in [9.17, 15) is 5.11 Å². The van der Waals surface area contributed by atoms with E-state index >= 15 is 0 Å². The number of imidazole rings is 1. The first kappa shape index (κ1) is 23.4. The number of rotatable bonds is 4. The lowest BCUT2D eigenvalue weighted by Gasteiger charge is -2.44. The summed E-state index contributed by atoms with van der Waals surface area (Å²) in [5.74, 6) is 1.83. The zero-order chi connectivity index (χ0) is 27.5. The van der Waals surface area contributed by atoms with Crippen LogP contribution in [0.4, 0.5) is 0 Å². The van der Waals surface area contributed by atoms with Crippen molar-refractivity contribution < 1.29 is 5.11 Å². The van der Waals surface area contributed by atoms with Crippen LogP contribution in [0.2, 0.25) is 0 Å². The molecule has 204 valence electrons. The lowest BCUT2D eigenvalue weighted by atomic mass is 9.71. The molecule has 8 nitrogen and oxygen atoms in total. The van der Waals surface area contributed by atoms with Crippen LogP contribution in [0.1, 0.15) is 67.4 Å². The molecule has 0 saturated heterocycles. The molecule has 2 saturated carbocycles. The fourth-order valence-corrected chi connectivity index (χ4v) is 7.17. The lowest BCUT2D eigenvalue weighted by molar-refractivity contribution is -0.0767. The zero-order valence-corrected chi connectivity index (χ0v) is 23.2. The van der Waals surface area contributed by atoms with Gasteiger partial charge in [0, 0.05) is 78.3 Å². The number of benzene rings is 2. The van der Waals surface area contributed by atoms with Gasteiger partial charge in [0.1, 0.15) is 5.82 Å². The molecule has 4 aromatic heterocycles. The molecule has 0 radical (unpaired) electrons. The van der Waals surface area contributed by atoms with E-state index in [0.717, 1.165) is 62.4 Å². The van der Waals surface area contributed by atoms with Gasteiger partial charge < -0.3 is 9.67 Å². The van der Waals surface area contributed by atoms with Crippen LogP contribution in [-0.2, 0) is 19.2 Å². The predicted molar refractivity (Wildman–Crippen MR) is 157 cm³/mol. The first-order valence-electron chi connectivity index (χ1n) is 14.7. The van der Waals surface area contributed by atoms with Crippen LogP contribution in [-0.4, -0.2) is 39.2 Å². The van der Waals surface area contributed by atoms with E-state index in [2.05, 4.69) is 51.7 Å². The number of aliphatic hydroxyl groups is 1. The van der Waals surface area contributed by atoms with Crippen LogP contribution in [0.25, 0.3) is 44.6 Å². The van der Waals surface area contributed by atoms with Crippen molar-refractivity contribution in [2.24, 2.45) is 7.05 Å². The number of aromatic nitrogens is 7. The van der Waals surface area contributed by atoms with E-state index in [-0.39, 0.29) is 12.0 Å². The van der Waals surface area contributed by atoms with E-state index in [1.165, 1.54) is 18.5 Å². The summed E-state index contributed by atoms with van der Waals surface area (Å²) in [7, 11) is 1.95. The lowest BCUT2D eigenvalue weighted by Crippen LogP contribution is -2.42. The largest absolute Gasteiger partial charge is 0.385 e. The summed E-state index contributed by atoms with van der Waals surface area (Å²) >= 11 is 0. The Kier molecular flexibility index (Phi) is 4.64. The van der Waals surface area contributed by atoms with E-state index in [1.54, 1.807) is 0 Å². The molecule has 41 heavy (non-hydrogen) atoms. The van der Waals surface area contributed by atoms with Crippen LogP contribution < -0.4 is 0 Å².